The lowest BCUT2D eigenvalue weighted by atomic mass is 10.2. The molecule has 6 heteroatoms. The van der Waals surface area contributed by atoms with Gasteiger partial charge in [0.05, 0.1) is 0 Å². The van der Waals surface area contributed by atoms with E-state index in [1.165, 1.54) is 6.07 Å². The van der Waals surface area contributed by atoms with E-state index in [0.29, 0.717) is 0 Å². The van der Waals surface area contributed by atoms with Crippen LogP contribution in [-0.2, 0) is 0 Å². The lowest BCUT2D eigenvalue weighted by Gasteiger charge is -1.98. The molecule has 0 saturated carbocycles. The Morgan fingerprint density at radius 2 is 2.09 bits per heavy atom. The molecule has 0 radical (unpaired) electrons. The first-order chi connectivity index (χ1) is 11.0. The summed E-state index contributed by atoms with van der Waals surface area (Å²) in [6.07, 6.45) is 8.93. The van der Waals surface area contributed by atoms with Gasteiger partial charge in [-0.3, -0.25) is 4.98 Å². The number of carboxylic acids is 1. The molecule has 1 aromatic carbocycles. The van der Waals surface area contributed by atoms with Crippen LogP contribution in [0.2, 0.25) is 0 Å². The highest BCUT2D eigenvalue weighted by Gasteiger charge is 2.08. The Bertz CT molecular complexity index is 642. The second kappa shape index (κ2) is 9.97. The first-order valence-electron chi connectivity index (χ1n) is 7.01. The number of aromatic hydroxyl groups is 2. The summed E-state index contributed by atoms with van der Waals surface area (Å²) in [5.74, 6) is -1.80. The normalized spacial score (nSPS) is 10.1. The van der Waals surface area contributed by atoms with Crippen LogP contribution in [0.5, 0.6) is 11.5 Å². The standard InChI is InChI=1S/C10H14N2.C7H6O4/c1-11-7-3-2-5-10-6-4-8-12-9-10;8-4-1-2-6(9)5(3-4)7(10)11/h2,4-6,8-9,11H,3,7H2,1H3;1-3,8-9H,(H,10,11). The second-order valence-corrected chi connectivity index (χ2v) is 4.59. The molecule has 1 aromatic heterocycles. The van der Waals surface area contributed by atoms with Crippen LogP contribution in [0.1, 0.15) is 22.3 Å². The molecule has 0 amide bonds. The zero-order valence-corrected chi connectivity index (χ0v) is 12.8. The molecule has 6 nitrogen and oxygen atoms in total. The van der Waals surface area contributed by atoms with Gasteiger partial charge in [0.15, 0.2) is 0 Å². The zero-order valence-electron chi connectivity index (χ0n) is 12.8. The molecule has 0 bridgehead atoms. The van der Waals surface area contributed by atoms with Crippen LogP contribution in [0.25, 0.3) is 6.08 Å². The average Bonchev–Trinajstić information content (AvgIpc) is 2.55. The van der Waals surface area contributed by atoms with Crippen LogP contribution < -0.4 is 5.32 Å². The van der Waals surface area contributed by atoms with Gasteiger partial charge in [0.25, 0.3) is 0 Å². The third-order valence-electron chi connectivity index (χ3n) is 2.77. The Morgan fingerprint density at radius 3 is 2.65 bits per heavy atom. The van der Waals surface area contributed by atoms with Crippen LogP contribution in [0, 0.1) is 0 Å². The molecule has 0 saturated heterocycles. The van der Waals surface area contributed by atoms with Crippen molar-refractivity contribution in [2.75, 3.05) is 13.6 Å². The van der Waals surface area contributed by atoms with Crippen LogP contribution >= 0.6 is 0 Å². The quantitative estimate of drug-likeness (QED) is 0.499. The smallest absolute Gasteiger partial charge is 0.339 e. The fourth-order valence-corrected chi connectivity index (χ4v) is 1.62. The van der Waals surface area contributed by atoms with E-state index in [0.717, 1.165) is 30.7 Å². The van der Waals surface area contributed by atoms with Crippen molar-refractivity contribution in [1.82, 2.24) is 10.3 Å². The number of aromatic carboxylic acids is 1. The maximum absolute atomic E-state index is 10.3. The van der Waals surface area contributed by atoms with Crippen LogP contribution in [0.15, 0.2) is 48.8 Å². The minimum atomic E-state index is -1.27. The number of phenolic OH excluding ortho intramolecular Hbond substituents is 1. The van der Waals surface area contributed by atoms with Gasteiger partial charge in [0.2, 0.25) is 0 Å². The highest BCUT2D eigenvalue weighted by Crippen LogP contribution is 2.21. The van der Waals surface area contributed by atoms with E-state index in [4.69, 9.17) is 15.3 Å². The van der Waals surface area contributed by atoms with Gasteiger partial charge in [-0.1, -0.05) is 18.2 Å². The fourth-order valence-electron chi connectivity index (χ4n) is 1.62. The van der Waals surface area contributed by atoms with Crippen LogP contribution in [0.4, 0.5) is 0 Å². The Hall–Kier alpha value is -2.86. The predicted molar refractivity (Wildman–Crippen MR) is 88.5 cm³/mol. The highest BCUT2D eigenvalue weighted by molar-refractivity contribution is 5.91. The van der Waals surface area contributed by atoms with Gasteiger partial charge in [-0.2, -0.15) is 0 Å². The van der Waals surface area contributed by atoms with E-state index >= 15 is 0 Å². The number of phenols is 2. The van der Waals surface area contributed by atoms with Crippen molar-refractivity contribution in [3.05, 3.63) is 59.9 Å². The van der Waals surface area contributed by atoms with Crippen LogP contribution in [-0.4, -0.2) is 39.9 Å². The SMILES string of the molecule is CNCCC=Cc1cccnc1.O=C(O)c1cc(O)ccc1O. The molecule has 0 aliphatic heterocycles. The molecule has 1 heterocycles. The minimum Gasteiger partial charge on any atom is -0.508 e. The molecule has 0 spiro atoms. The topological polar surface area (TPSA) is 103 Å². The molecule has 0 fully saturated rings. The van der Waals surface area contributed by atoms with Crippen molar-refractivity contribution in [3.63, 3.8) is 0 Å². The van der Waals surface area contributed by atoms with E-state index in [1.54, 1.807) is 6.20 Å². The summed E-state index contributed by atoms with van der Waals surface area (Å²) < 4.78 is 0. The largest absolute Gasteiger partial charge is 0.508 e. The predicted octanol–water partition coefficient (Wildman–Crippen LogP) is 2.50. The van der Waals surface area contributed by atoms with E-state index in [2.05, 4.69) is 22.5 Å². The lowest BCUT2D eigenvalue weighted by Crippen LogP contribution is -2.05. The van der Waals surface area contributed by atoms with Crippen molar-refractivity contribution >= 4 is 12.0 Å². The highest BCUT2D eigenvalue weighted by atomic mass is 16.4. The van der Waals surface area contributed by atoms with E-state index in [1.807, 2.05) is 25.4 Å². The Balaban J connectivity index is 0.000000231. The molecular weight excluding hydrogens is 296 g/mol. The van der Waals surface area contributed by atoms with Crippen molar-refractivity contribution in [3.8, 4) is 11.5 Å². The van der Waals surface area contributed by atoms with Gasteiger partial charge < -0.3 is 20.6 Å². The third-order valence-corrected chi connectivity index (χ3v) is 2.77. The molecule has 122 valence electrons. The maximum Gasteiger partial charge on any atom is 0.339 e. The third kappa shape index (κ3) is 7.10. The number of nitrogens with one attached hydrogen (secondary N) is 1. The summed E-state index contributed by atoms with van der Waals surface area (Å²) >= 11 is 0. The van der Waals surface area contributed by atoms with Gasteiger partial charge in [-0.15, -0.1) is 0 Å². The molecule has 23 heavy (non-hydrogen) atoms. The molecule has 0 atom stereocenters. The van der Waals surface area contributed by atoms with Gasteiger partial charge in [-0.05, 0) is 49.8 Å². The second-order valence-electron chi connectivity index (χ2n) is 4.59. The molecule has 4 N–H and O–H groups in total. The Labute approximate surface area is 134 Å². The number of rotatable bonds is 5. The molecule has 0 aliphatic carbocycles. The molecule has 2 rings (SSSR count). The summed E-state index contributed by atoms with van der Waals surface area (Å²) in [5, 5.41) is 29.2. The van der Waals surface area contributed by atoms with Crippen LogP contribution in [0.3, 0.4) is 0 Å². The van der Waals surface area contributed by atoms with E-state index < -0.39 is 5.97 Å². The number of nitrogens with zero attached hydrogens (tertiary/aromatic N) is 1. The van der Waals surface area contributed by atoms with Gasteiger partial charge >= 0.3 is 5.97 Å². The number of pyridine rings is 1. The summed E-state index contributed by atoms with van der Waals surface area (Å²) in [5.41, 5.74) is 0.860. The molecule has 0 unspecified atom stereocenters. The minimum absolute atomic E-state index is 0.180. The first kappa shape index (κ1) is 18.2. The summed E-state index contributed by atoms with van der Waals surface area (Å²) in [6, 6.07) is 7.30. The maximum atomic E-state index is 10.3. The van der Waals surface area contributed by atoms with E-state index in [-0.39, 0.29) is 17.1 Å². The van der Waals surface area contributed by atoms with Crippen molar-refractivity contribution < 1.29 is 20.1 Å². The number of hydrogen-bond acceptors (Lipinski definition) is 5. The Morgan fingerprint density at radius 1 is 1.30 bits per heavy atom. The van der Waals surface area contributed by atoms with Gasteiger partial charge in [-0.25, -0.2) is 4.79 Å². The average molecular weight is 316 g/mol. The number of benzene rings is 1. The molecule has 0 aliphatic rings. The first-order valence-corrected chi connectivity index (χ1v) is 7.01. The number of carbonyl (C=O) groups is 1. The van der Waals surface area contributed by atoms with Crippen molar-refractivity contribution in [1.29, 1.82) is 0 Å². The monoisotopic (exact) mass is 316 g/mol. The van der Waals surface area contributed by atoms with Crippen molar-refractivity contribution in [2.45, 2.75) is 6.42 Å². The summed E-state index contributed by atoms with van der Waals surface area (Å²) in [7, 11) is 1.96. The Kier molecular flexibility index (Phi) is 7.88. The zero-order chi connectivity index (χ0) is 17.1. The van der Waals surface area contributed by atoms with Gasteiger partial charge in [0.1, 0.15) is 17.1 Å². The molecule has 2 aromatic rings. The lowest BCUT2D eigenvalue weighted by molar-refractivity contribution is 0.0693. The van der Waals surface area contributed by atoms with Gasteiger partial charge in [0, 0.05) is 12.4 Å². The molecular formula is C17H20N2O4. The fraction of sp³-hybridized carbons (Fsp3) is 0.176. The van der Waals surface area contributed by atoms with Crippen molar-refractivity contribution in [2.24, 2.45) is 0 Å². The number of hydrogen-bond donors (Lipinski definition) is 4. The number of aromatic nitrogens is 1. The van der Waals surface area contributed by atoms with E-state index in [9.17, 15) is 4.79 Å². The summed E-state index contributed by atoms with van der Waals surface area (Å²) in [4.78, 5) is 14.3. The summed E-state index contributed by atoms with van der Waals surface area (Å²) in [6.45, 7) is 1.02. The number of carboxylic acid groups (broad SMARTS) is 1.